The topological polar surface area (TPSA) is 105 Å². The van der Waals surface area contributed by atoms with E-state index < -0.39 is 4.92 Å². The van der Waals surface area contributed by atoms with Gasteiger partial charge in [0, 0.05) is 57.2 Å². The Labute approximate surface area is 175 Å². The number of non-ortho nitro benzene ring substituents is 1. The van der Waals surface area contributed by atoms with E-state index in [0.717, 1.165) is 0 Å². The third-order valence-electron chi connectivity index (χ3n) is 4.36. The summed E-state index contributed by atoms with van der Waals surface area (Å²) in [5.74, 6) is 0.390. The molecule has 1 saturated heterocycles. The molecule has 29 heavy (non-hydrogen) atoms. The van der Waals surface area contributed by atoms with Crippen molar-refractivity contribution in [2.75, 3.05) is 32.7 Å². The Morgan fingerprint density at radius 3 is 2.34 bits per heavy atom. The van der Waals surface area contributed by atoms with E-state index in [9.17, 15) is 19.7 Å². The summed E-state index contributed by atoms with van der Waals surface area (Å²) in [6.07, 6.45) is 0.530. The van der Waals surface area contributed by atoms with Gasteiger partial charge in [0.15, 0.2) is 5.05 Å². The summed E-state index contributed by atoms with van der Waals surface area (Å²) in [4.78, 5) is 38.2. The van der Waals surface area contributed by atoms with Gasteiger partial charge < -0.3 is 15.0 Å². The molecule has 0 saturated carbocycles. The van der Waals surface area contributed by atoms with Crippen molar-refractivity contribution in [3.05, 3.63) is 34.4 Å². The average Bonchev–Trinajstić information content (AvgIpc) is 2.66. The molecule has 2 rings (SSSR count). The molecule has 0 radical (unpaired) electrons. The number of nitro benzene ring substituents is 1. The fourth-order valence-corrected chi connectivity index (χ4v) is 3.11. The number of benzene rings is 1. The Morgan fingerprint density at radius 1 is 1.17 bits per heavy atom. The van der Waals surface area contributed by atoms with Gasteiger partial charge in [0.25, 0.3) is 5.69 Å². The van der Waals surface area contributed by atoms with Crippen LogP contribution in [0.5, 0.6) is 5.75 Å². The number of hydrogen-bond donors (Lipinski definition) is 1. The van der Waals surface area contributed by atoms with Gasteiger partial charge in [-0.2, -0.15) is 0 Å². The van der Waals surface area contributed by atoms with E-state index in [4.69, 9.17) is 17.0 Å². The van der Waals surface area contributed by atoms with Crippen LogP contribution >= 0.6 is 12.2 Å². The Kier molecular flexibility index (Phi) is 8.47. The Bertz CT molecular complexity index is 745. The normalized spacial score (nSPS) is 14.5. The number of carbonyl (C=O) groups is 2. The lowest BCUT2D eigenvalue weighted by Gasteiger charge is -2.34. The van der Waals surface area contributed by atoms with Gasteiger partial charge in [-0.1, -0.05) is 0 Å². The molecule has 1 aliphatic rings. The number of nitrogens with one attached hydrogen (secondary N) is 1. The highest BCUT2D eigenvalue weighted by Crippen LogP contribution is 2.18. The van der Waals surface area contributed by atoms with Crippen LogP contribution in [-0.2, 0) is 9.59 Å². The maximum absolute atomic E-state index is 12.4. The molecule has 0 bridgehead atoms. The number of piperazine rings is 1. The van der Waals surface area contributed by atoms with Crippen molar-refractivity contribution in [3.8, 4) is 5.75 Å². The number of nitro groups is 1. The maximum Gasteiger partial charge on any atom is 0.269 e. The molecule has 1 heterocycles. The van der Waals surface area contributed by atoms with E-state index in [1.807, 2.05) is 18.7 Å². The quantitative estimate of drug-likeness (QED) is 0.387. The Morgan fingerprint density at radius 2 is 1.79 bits per heavy atom. The van der Waals surface area contributed by atoms with Crippen LogP contribution in [0.15, 0.2) is 24.3 Å². The first-order chi connectivity index (χ1) is 13.7. The molecule has 0 unspecified atom stereocenters. The van der Waals surface area contributed by atoms with Gasteiger partial charge in [-0.05, 0) is 38.2 Å². The zero-order valence-electron chi connectivity index (χ0n) is 16.6. The van der Waals surface area contributed by atoms with Crippen molar-refractivity contribution in [2.24, 2.45) is 0 Å². The molecule has 0 aliphatic carbocycles. The highest BCUT2D eigenvalue weighted by atomic mass is 32.1. The van der Waals surface area contributed by atoms with Gasteiger partial charge >= 0.3 is 0 Å². The van der Waals surface area contributed by atoms with Gasteiger partial charge in [0.2, 0.25) is 11.8 Å². The molecule has 0 spiro atoms. The number of carbonyl (C=O) groups excluding carboxylic acids is 2. The summed E-state index contributed by atoms with van der Waals surface area (Å²) in [6, 6.07) is 5.73. The van der Waals surface area contributed by atoms with Crippen molar-refractivity contribution >= 4 is 34.8 Å². The molecular formula is C19H26N4O5S. The SMILES string of the molecule is CC(C)NC(=O)CN1CCN(C(=O)CCC(=S)Oc2ccc([N+](=O)[O-])cc2)CC1. The smallest absolute Gasteiger partial charge is 0.269 e. The van der Waals surface area contributed by atoms with Crippen LogP contribution in [0.3, 0.4) is 0 Å². The van der Waals surface area contributed by atoms with Gasteiger partial charge in [-0.25, -0.2) is 0 Å². The van der Waals surface area contributed by atoms with Crippen LogP contribution in [0, 0.1) is 10.1 Å². The van der Waals surface area contributed by atoms with Crippen LogP contribution in [0.25, 0.3) is 0 Å². The third kappa shape index (κ3) is 7.74. The summed E-state index contributed by atoms with van der Waals surface area (Å²) in [5, 5.41) is 13.8. The first kappa shape index (κ1) is 22.7. The second-order valence-electron chi connectivity index (χ2n) is 7.10. The average molecular weight is 423 g/mol. The van der Waals surface area contributed by atoms with Crippen LogP contribution < -0.4 is 10.1 Å². The van der Waals surface area contributed by atoms with Gasteiger partial charge in [-0.3, -0.25) is 24.6 Å². The lowest BCUT2D eigenvalue weighted by molar-refractivity contribution is -0.384. The fourth-order valence-electron chi connectivity index (χ4n) is 2.91. The predicted molar refractivity (Wildman–Crippen MR) is 112 cm³/mol. The molecule has 1 N–H and O–H groups in total. The van der Waals surface area contributed by atoms with Gasteiger partial charge in [-0.15, -0.1) is 0 Å². The number of hydrogen-bond acceptors (Lipinski definition) is 7. The van der Waals surface area contributed by atoms with Crippen molar-refractivity contribution in [3.63, 3.8) is 0 Å². The molecule has 158 valence electrons. The minimum Gasteiger partial charge on any atom is -0.450 e. The zero-order chi connectivity index (χ0) is 21.4. The van der Waals surface area contributed by atoms with E-state index in [1.165, 1.54) is 24.3 Å². The molecular weight excluding hydrogens is 396 g/mol. The van der Waals surface area contributed by atoms with Crippen LogP contribution in [0.4, 0.5) is 5.69 Å². The number of amides is 2. The van der Waals surface area contributed by atoms with E-state index in [1.54, 1.807) is 4.90 Å². The molecule has 0 aromatic heterocycles. The van der Waals surface area contributed by atoms with E-state index in [-0.39, 0.29) is 35.0 Å². The molecule has 2 amide bonds. The summed E-state index contributed by atoms with van der Waals surface area (Å²) < 4.78 is 5.46. The predicted octanol–water partition coefficient (Wildman–Crippen LogP) is 1.75. The standard InChI is InChI=1S/C19H26N4O5S/c1-14(2)20-17(24)13-21-9-11-22(12-10-21)18(25)7-8-19(29)28-16-5-3-15(4-6-16)23(26)27/h3-6,14H,7-13H2,1-2H3,(H,20,24). The molecule has 1 aromatic carbocycles. The molecule has 1 aliphatic heterocycles. The van der Waals surface area contributed by atoms with Crippen molar-refractivity contribution in [2.45, 2.75) is 32.7 Å². The number of thiocarbonyl (C=S) groups is 1. The summed E-state index contributed by atoms with van der Waals surface area (Å²) >= 11 is 5.16. The summed E-state index contributed by atoms with van der Waals surface area (Å²) in [5.41, 5.74) is -0.0284. The largest absolute Gasteiger partial charge is 0.450 e. The van der Waals surface area contributed by atoms with Gasteiger partial charge in [0.05, 0.1) is 11.5 Å². The highest BCUT2D eigenvalue weighted by molar-refractivity contribution is 7.80. The maximum atomic E-state index is 12.4. The first-order valence-electron chi connectivity index (χ1n) is 9.49. The Balaban J connectivity index is 1.69. The molecule has 1 fully saturated rings. The minimum atomic E-state index is -0.489. The zero-order valence-corrected chi connectivity index (χ0v) is 17.4. The van der Waals surface area contributed by atoms with Crippen LogP contribution in [0.1, 0.15) is 26.7 Å². The Hall–Kier alpha value is -2.59. The molecule has 10 heteroatoms. The van der Waals surface area contributed by atoms with E-state index in [0.29, 0.717) is 44.9 Å². The monoisotopic (exact) mass is 422 g/mol. The summed E-state index contributed by atoms with van der Waals surface area (Å²) in [7, 11) is 0. The highest BCUT2D eigenvalue weighted by Gasteiger charge is 2.22. The molecule has 9 nitrogen and oxygen atoms in total. The second-order valence-corrected chi connectivity index (χ2v) is 7.56. The van der Waals surface area contributed by atoms with Crippen LogP contribution in [-0.4, -0.2) is 70.4 Å². The van der Waals surface area contributed by atoms with E-state index in [2.05, 4.69) is 5.32 Å². The first-order valence-corrected chi connectivity index (χ1v) is 9.90. The lowest BCUT2D eigenvalue weighted by Crippen LogP contribution is -2.51. The second kappa shape index (κ2) is 10.8. The van der Waals surface area contributed by atoms with Crippen molar-refractivity contribution in [1.29, 1.82) is 0 Å². The summed E-state index contributed by atoms with van der Waals surface area (Å²) in [6.45, 7) is 6.64. The number of nitrogens with zero attached hydrogens (tertiary/aromatic N) is 3. The van der Waals surface area contributed by atoms with Gasteiger partial charge in [0.1, 0.15) is 5.75 Å². The fraction of sp³-hybridized carbons (Fsp3) is 0.526. The minimum absolute atomic E-state index is 0.00600. The number of rotatable bonds is 8. The third-order valence-corrected chi connectivity index (χ3v) is 4.65. The van der Waals surface area contributed by atoms with Crippen molar-refractivity contribution < 1.29 is 19.2 Å². The van der Waals surface area contributed by atoms with Crippen molar-refractivity contribution in [1.82, 2.24) is 15.1 Å². The molecule has 1 aromatic rings. The lowest BCUT2D eigenvalue weighted by atomic mass is 10.2. The molecule has 0 atom stereocenters. The van der Waals surface area contributed by atoms with E-state index >= 15 is 0 Å². The number of ether oxygens (including phenoxy) is 1. The van der Waals surface area contributed by atoms with Crippen LogP contribution in [0.2, 0.25) is 0 Å².